The zero-order valence-corrected chi connectivity index (χ0v) is 8.14. The molecular formula is C9H11N3O3. The van der Waals surface area contributed by atoms with Gasteiger partial charge >= 0.3 is 5.97 Å². The Bertz CT molecular complexity index is 390. The molecule has 0 saturated carbocycles. The molecule has 6 heteroatoms. The van der Waals surface area contributed by atoms with Crippen molar-refractivity contribution in [3.05, 3.63) is 29.6 Å². The highest BCUT2D eigenvalue weighted by Crippen LogP contribution is 2.03. The summed E-state index contributed by atoms with van der Waals surface area (Å²) < 4.78 is 0. The maximum atomic E-state index is 10.7. The van der Waals surface area contributed by atoms with Gasteiger partial charge in [-0.3, -0.25) is 4.98 Å². The lowest BCUT2D eigenvalue weighted by Crippen LogP contribution is -2.21. The van der Waals surface area contributed by atoms with Gasteiger partial charge in [0.2, 0.25) is 0 Å². The van der Waals surface area contributed by atoms with Crippen molar-refractivity contribution >= 4 is 11.7 Å². The molecule has 0 unspecified atom stereocenters. The van der Waals surface area contributed by atoms with E-state index in [1.165, 1.54) is 18.3 Å². The van der Waals surface area contributed by atoms with Gasteiger partial charge in [0.25, 0.3) is 0 Å². The van der Waals surface area contributed by atoms with Gasteiger partial charge in [-0.2, -0.15) is 0 Å². The fourth-order valence-corrected chi connectivity index (χ4v) is 1.07. The number of hydrogen-bond acceptors (Lipinski definition) is 5. The van der Waals surface area contributed by atoms with Gasteiger partial charge in [-0.15, -0.1) is 0 Å². The topological polar surface area (TPSA) is 94.8 Å². The lowest BCUT2D eigenvalue weighted by Gasteiger charge is -2.03. The van der Waals surface area contributed by atoms with Crippen molar-refractivity contribution in [3.63, 3.8) is 0 Å². The molecular weight excluding hydrogens is 198 g/mol. The van der Waals surface area contributed by atoms with Crippen LogP contribution in [-0.4, -0.2) is 40.6 Å². The summed E-state index contributed by atoms with van der Waals surface area (Å²) in [7, 11) is 1.69. The molecule has 1 aromatic rings. The molecule has 0 radical (unpaired) electrons. The molecule has 0 saturated heterocycles. The number of aromatic carboxylic acids is 1. The van der Waals surface area contributed by atoms with Gasteiger partial charge in [-0.25, -0.2) is 4.79 Å². The summed E-state index contributed by atoms with van der Waals surface area (Å²) in [6.45, 7) is 0.312. The average Bonchev–Trinajstić information content (AvgIpc) is 2.26. The Morgan fingerprint density at radius 1 is 1.67 bits per heavy atom. The lowest BCUT2D eigenvalue weighted by atomic mass is 10.2. The number of carboxylic acids is 1. The lowest BCUT2D eigenvalue weighted by molar-refractivity contribution is 0.0696. The summed E-state index contributed by atoms with van der Waals surface area (Å²) in [6, 6.07) is 2.73. The van der Waals surface area contributed by atoms with Crippen LogP contribution in [0.4, 0.5) is 0 Å². The molecule has 3 N–H and O–H groups in total. The van der Waals surface area contributed by atoms with Gasteiger partial charge < -0.3 is 15.6 Å². The zero-order chi connectivity index (χ0) is 11.3. The molecule has 0 bridgehead atoms. The minimum Gasteiger partial charge on any atom is -0.478 e. The number of pyridine rings is 1. The monoisotopic (exact) mass is 209 g/mol. The van der Waals surface area contributed by atoms with E-state index in [1.54, 1.807) is 7.05 Å². The highest BCUT2D eigenvalue weighted by molar-refractivity contribution is 6.01. The van der Waals surface area contributed by atoms with E-state index in [1.807, 2.05) is 0 Å². The van der Waals surface area contributed by atoms with E-state index in [0.29, 0.717) is 18.0 Å². The summed E-state index contributed by atoms with van der Waals surface area (Å²) in [6.07, 6.45) is 1.36. The van der Waals surface area contributed by atoms with Crippen LogP contribution in [0.1, 0.15) is 16.1 Å². The normalized spacial score (nSPS) is 11.4. The third kappa shape index (κ3) is 2.75. The first kappa shape index (κ1) is 11.1. The summed E-state index contributed by atoms with van der Waals surface area (Å²) in [5.74, 6) is -1.04. The van der Waals surface area contributed by atoms with Crippen LogP contribution in [-0.2, 0) is 0 Å². The first-order chi connectivity index (χ1) is 7.19. The van der Waals surface area contributed by atoms with Crippen LogP contribution in [0.3, 0.4) is 0 Å². The van der Waals surface area contributed by atoms with E-state index in [0.717, 1.165) is 0 Å². The summed E-state index contributed by atoms with van der Waals surface area (Å²) >= 11 is 0. The van der Waals surface area contributed by atoms with E-state index < -0.39 is 5.97 Å². The second kappa shape index (κ2) is 5.06. The molecule has 0 fully saturated rings. The number of likely N-dealkylation sites (N-methyl/N-ethyl adjacent to an activating group) is 1. The molecule has 0 atom stereocenters. The van der Waals surface area contributed by atoms with Crippen LogP contribution in [0.25, 0.3) is 0 Å². The third-order valence-electron chi connectivity index (χ3n) is 1.77. The smallest absolute Gasteiger partial charge is 0.335 e. The van der Waals surface area contributed by atoms with Gasteiger partial charge in [0.05, 0.1) is 11.3 Å². The van der Waals surface area contributed by atoms with Crippen LogP contribution in [0.5, 0.6) is 0 Å². The second-order valence-corrected chi connectivity index (χ2v) is 2.81. The first-order valence-corrected chi connectivity index (χ1v) is 4.24. The Kier molecular flexibility index (Phi) is 3.75. The number of carboxylic acid groups (broad SMARTS) is 1. The van der Waals surface area contributed by atoms with Crippen molar-refractivity contribution in [3.8, 4) is 0 Å². The molecule has 80 valence electrons. The molecule has 0 aliphatic heterocycles. The van der Waals surface area contributed by atoms with Crippen molar-refractivity contribution in [1.29, 1.82) is 0 Å². The van der Waals surface area contributed by atoms with E-state index in [-0.39, 0.29) is 5.56 Å². The highest BCUT2D eigenvalue weighted by Gasteiger charge is 2.09. The number of nitrogens with zero attached hydrogens (tertiary/aromatic N) is 2. The maximum Gasteiger partial charge on any atom is 0.335 e. The Balaban J connectivity index is 3.03. The van der Waals surface area contributed by atoms with Gasteiger partial charge in [0.1, 0.15) is 5.71 Å². The molecule has 1 rings (SSSR count). The highest BCUT2D eigenvalue weighted by atomic mass is 16.4. The quantitative estimate of drug-likeness (QED) is 0.373. The molecule has 0 aromatic carbocycles. The van der Waals surface area contributed by atoms with Crippen LogP contribution in [0, 0.1) is 0 Å². The van der Waals surface area contributed by atoms with E-state index in [4.69, 9.17) is 10.3 Å². The standard InChI is InChI=1S/C9H11N3O3/c1-10-5-8(12-15)7-4-6(9(13)14)2-3-11-7/h2-4,10,15H,5H2,1H3,(H,13,14)/b12-8+. The number of nitrogens with one attached hydrogen (secondary N) is 1. The molecule has 15 heavy (non-hydrogen) atoms. The van der Waals surface area contributed by atoms with Crippen molar-refractivity contribution in [1.82, 2.24) is 10.3 Å². The Labute approximate surface area is 86.3 Å². The van der Waals surface area contributed by atoms with Gasteiger partial charge in [-0.05, 0) is 19.2 Å². The largest absolute Gasteiger partial charge is 0.478 e. The second-order valence-electron chi connectivity index (χ2n) is 2.81. The van der Waals surface area contributed by atoms with Gasteiger partial charge in [0.15, 0.2) is 0 Å². The number of aromatic nitrogens is 1. The number of carbonyl (C=O) groups is 1. The van der Waals surface area contributed by atoms with E-state index in [2.05, 4.69) is 15.5 Å². The van der Waals surface area contributed by atoms with Crippen molar-refractivity contribution in [2.75, 3.05) is 13.6 Å². The summed E-state index contributed by atoms with van der Waals surface area (Å²) in [5, 5.41) is 23.3. The average molecular weight is 209 g/mol. The number of oxime groups is 1. The van der Waals surface area contributed by atoms with Crippen molar-refractivity contribution in [2.24, 2.45) is 5.16 Å². The predicted octanol–water partition coefficient (Wildman–Crippen LogP) is 0.177. The van der Waals surface area contributed by atoms with Crippen LogP contribution >= 0.6 is 0 Å². The molecule has 1 heterocycles. The maximum absolute atomic E-state index is 10.7. The number of rotatable bonds is 4. The van der Waals surface area contributed by atoms with Crippen LogP contribution < -0.4 is 5.32 Å². The summed E-state index contributed by atoms with van der Waals surface area (Å²) in [4.78, 5) is 14.6. The SMILES string of the molecule is CNC/C(=N\O)c1cc(C(=O)O)ccn1. The molecule has 0 aliphatic carbocycles. The fourth-order valence-electron chi connectivity index (χ4n) is 1.07. The predicted molar refractivity (Wildman–Crippen MR) is 53.4 cm³/mol. The van der Waals surface area contributed by atoms with Crippen molar-refractivity contribution < 1.29 is 15.1 Å². The molecule has 1 aromatic heterocycles. The fraction of sp³-hybridized carbons (Fsp3) is 0.222. The molecule has 0 amide bonds. The molecule has 0 spiro atoms. The molecule has 6 nitrogen and oxygen atoms in total. The Hall–Kier alpha value is -1.95. The summed E-state index contributed by atoms with van der Waals surface area (Å²) in [5.41, 5.74) is 0.740. The zero-order valence-electron chi connectivity index (χ0n) is 8.14. The third-order valence-corrected chi connectivity index (χ3v) is 1.77. The first-order valence-electron chi connectivity index (χ1n) is 4.24. The number of hydrogen-bond donors (Lipinski definition) is 3. The van der Waals surface area contributed by atoms with Crippen LogP contribution in [0.2, 0.25) is 0 Å². The Morgan fingerprint density at radius 2 is 2.40 bits per heavy atom. The van der Waals surface area contributed by atoms with Gasteiger partial charge in [0, 0.05) is 12.7 Å². The Morgan fingerprint density at radius 3 is 2.93 bits per heavy atom. The van der Waals surface area contributed by atoms with Crippen LogP contribution in [0.15, 0.2) is 23.5 Å². The molecule has 0 aliphatic rings. The van der Waals surface area contributed by atoms with E-state index >= 15 is 0 Å². The van der Waals surface area contributed by atoms with E-state index in [9.17, 15) is 4.79 Å². The minimum atomic E-state index is -1.04. The minimum absolute atomic E-state index is 0.109. The van der Waals surface area contributed by atoms with Gasteiger partial charge in [-0.1, -0.05) is 5.16 Å². The van der Waals surface area contributed by atoms with Crippen molar-refractivity contribution in [2.45, 2.75) is 0 Å².